The number of rotatable bonds is 6. The van der Waals surface area contributed by atoms with Crippen LogP contribution in [0.25, 0.3) is 0 Å². The predicted octanol–water partition coefficient (Wildman–Crippen LogP) is 3.61. The largest absolute Gasteiger partial charge is 0.337 e. The highest BCUT2D eigenvalue weighted by Crippen LogP contribution is 2.35. The lowest BCUT2D eigenvalue weighted by molar-refractivity contribution is 0.0824. The van der Waals surface area contributed by atoms with Crippen LogP contribution in [0.1, 0.15) is 60.3 Å². The molecule has 35 heavy (non-hydrogen) atoms. The molecule has 0 unspecified atom stereocenters. The zero-order valence-electron chi connectivity index (χ0n) is 19.8. The third-order valence-electron chi connectivity index (χ3n) is 6.58. The van der Waals surface area contributed by atoms with Crippen molar-refractivity contribution in [2.45, 2.75) is 63.4 Å². The summed E-state index contributed by atoms with van der Waals surface area (Å²) in [5.41, 5.74) is 1.92. The molecular formula is C24H30N4O5S2. The van der Waals surface area contributed by atoms with Gasteiger partial charge in [0.2, 0.25) is 0 Å². The Morgan fingerprint density at radius 2 is 1.80 bits per heavy atom. The van der Waals surface area contributed by atoms with Crippen molar-refractivity contribution in [2.24, 2.45) is 5.41 Å². The summed E-state index contributed by atoms with van der Waals surface area (Å²) in [5.74, 6) is -0.286. The van der Waals surface area contributed by atoms with E-state index in [4.69, 9.17) is 0 Å². The van der Waals surface area contributed by atoms with Crippen molar-refractivity contribution in [1.29, 1.82) is 0 Å². The molecule has 188 valence electrons. The predicted molar refractivity (Wildman–Crippen MR) is 133 cm³/mol. The molecule has 3 N–H and O–H groups in total. The number of hydrogen-bond acceptors (Lipinski definition) is 6. The van der Waals surface area contributed by atoms with E-state index in [9.17, 15) is 22.8 Å². The molecule has 1 saturated carbocycles. The van der Waals surface area contributed by atoms with Crippen LogP contribution in [0.15, 0.2) is 40.6 Å². The Morgan fingerprint density at radius 3 is 2.46 bits per heavy atom. The average Bonchev–Trinajstić information content (AvgIpc) is 3.38. The topological polar surface area (TPSA) is 125 Å². The molecule has 1 fully saturated rings. The number of fused-ring (bicyclic) bond motifs is 1. The molecule has 1 aliphatic heterocycles. The van der Waals surface area contributed by atoms with Gasteiger partial charge in [0.15, 0.2) is 0 Å². The Hall–Kier alpha value is -2.92. The SMILES string of the molecule is CC1(C)CCC(NC(=O)NS(=O)(=O)c2ccc(CCNC(=O)N3Cc4ccsc4C3=O)cc2)CC1. The summed E-state index contributed by atoms with van der Waals surface area (Å²) in [6.45, 7) is 4.95. The highest BCUT2D eigenvalue weighted by molar-refractivity contribution is 7.90. The van der Waals surface area contributed by atoms with E-state index < -0.39 is 22.1 Å². The van der Waals surface area contributed by atoms with Crippen LogP contribution >= 0.6 is 11.3 Å². The summed E-state index contributed by atoms with van der Waals surface area (Å²) >= 11 is 1.33. The molecule has 5 amide bonds. The second-order valence-corrected chi connectivity index (χ2v) is 12.4. The number of imide groups is 1. The molecule has 0 bridgehead atoms. The van der Waals surface area contributed by atoms with Gasteiger partial charge < -0.3 is 10.6 Å². The molecule has 1 aromatic carbocycles. The summed E-state index contributed by atoms with van der Waals surface area (Å²) in [7, 11) is -4.00. The fraction of sp³-hybridized carbons (Fsp3) is 0.458. The molecule has 11 heteroatoms. The molecule has 0 spiro atoms. The lowest BCUT2D eigenvalue weighted by Crippen LogP contribution is -2.46. The van der Waals surface area contributed by atoms with Gasteiger partial charge in [-0.2, -0.15) is 0 Å². The van der Waals surface area contributed by atoms with Gasteiger partial charge in [-0.05, 0) is 72.2 Å². The van der Waals surface area contributed by atoms with Crippen LogP contribution in [0, 0.1) is 5.41 Å². The van der Waals surface area contributed by atoms with Crippen LogP contribution in [-0.4, -0.2) is 43.9 Å². The number of sulfonamides is 1. The average molecular weight is 519 g/mol. The molecule has 1 aliphatic carbocycles. The van der Waals surface area contributed by atoms with E-state index in [-0.39, 0.29) is 28.8 Å². The second-order valence-electron chi connectivity index (χ2n) is 9.81. The molecule has 2 aliphatic rings. The molecule has 0 atom stereocenters. The van der Waals surface area contributed by atoms with E-state index in [2.05, 4.69) is 29.2 Å². The van der Waals surface area contributed by atoms with E-state index >= 15 is 0 Å². The van der Waals surface area contributed by atoms with Crippen LogP contribution in [0.5, 0.6) is 0 Å². The molecule has 2 aromatic rings. The number of benzene rings is 1. The molecule has 4 rings (SSSR count). The lowest BCUT2D eigenvalue weighted by atomic mass is 9.76. The fourth-order valence-corrected chi connectivity index (χ4v) is 6.14. The Bertz CT molecular complexity index is 1210. The third kappa shape index (κ3) is 6.02. The van der Waals surface area contributed by atoms with E-state index in [0.717, 1.165) is 36.8 Å². The molecule has 0 radical (unpaired) electrons. The van der Waals surface area contributed by atoms with E-state index in [1.54, 1.807) is 12.1 Å². The zero-order chi connectivity index (χ0) is 25.2. The monoisotopic (exact) mass is 518 g/mol. The number of urea groups is 2. The number of nitrogens with one attached hydrogen (secondary N) is 3. The second kappa shape index (κ2) is 9.98. The van der Waals surface area contributed by atoms with Gasteiger partial charge in [-0.1, -0.05) is 26.0 Å². The zero-order valence-corrected chi connectivity index (χ0v) is 21.4. The summed E-state index contributed by atoms with van der Waals surface area (Å²) in [5, 5.41) is 7.33. The van der Waals surface area contributed by atoms with Crippen LogP contribution in [-0.2, 0) is 23.0 Å². The van der Waals surface area contributed by atoms with Gasteiger partial charge in [-0.15, -0.1) is 11.3 Å². The van der Waals surface area contributed by atoms with E-state index in [1.807, 2.05) is 11.4 Å². The van der Waals surface area contributed by atoms with E-state index in [0.29, 0.717) is 17.8 Å². The number of thiophene rings is 1. The van der Waals surface area contributed by atoms with Crippen LogP contribution < -0.4 is 15.4 Å². The van der Waals surface area contributed by atoms with Gasteiger partial charge in [0.25, 0.3) is 15.9 Å². The molecule has 1 aromatic heterocycles. The van der Waals surface area contributed by atoms with Crippen LogP contribution in [0.4, 0.5) is 9.59 Å². The number of amides is 5. The van der Waals surface area contributed by atoms with Crippen molar-refractivity contribution in [3.8, 4) is 0 Å². The van der Waals surface area contributed by atoms with Crippen LogP contribution in [0.2, 0.25) is 0 Å². The smallest absolute Gasteiger partial charge is 0.328 e. The third-order valence-corrected chi connectivity index (χ3v) is 8.88. The summed E-state index contributed by atoms with van der Waals surface area (Å²) < 4.78 is 27.3. The molecule has 9 nitrogen and oxygen atoms in total. The maximum absolute atomic E-state index is 12.6. The van der Waals surface area contributed by atoms with Gasteiger partial charge in [-0.3, -0.25) is 9.69 Å². The Morgan fingerprint density at radius 1 is 1.11 bits per heavy atom. The molecule has 2 heterocycles. The number of nitrogens with zero attached hydrogens (tertiary/aromatic N) is 1. The summed E-state index contributed by atoms with van der Waals surface area (Å²) in [6, 6.07) is 6.78. The van der Waals surface area contributed by atoms with E-state index in [1.165, 1.54) is 28.4 Å². The van der Waals surface area contributed by atoms with Crippen molar-refractivity contribution in [2.75, 3.05) is 6.54 Å². The van der Waals surface area contributed by atoms with Crippen molar-refractivity contribution in [3.63, 3.8) is 0 Å². The first-order valence-corrected chi connectivity index (χ1v) is 14.0. The number of hydrogen-bond donors (Lipinski definition) is 3. The first kappa shape index (κ1) is 25.2. The maximum Gasteiger partial charge on any atom is 0.328 e. The van der Waals surface area contributed by atoms with Gasteiger partial charge in [-0.25, -0.2) is 22.7 Å². The highest BCUT2D eigenvalue weighted by Gasteiger charge is 2.33. The molecule has 0 saturated heterocycles. The van der Waals surface area contributed by atoms with Crippen molar-refractivity contribution in [3.05, 3.63) is 51.7 Å². The number of carbonyl (C=O) groups is 3. The van der Waals surface area contributed by atoms with Crippen LogP contribution in [0.3, 0.4) is 0 Å². The van der Waals surface area contributed by atoms with Crippen molar-refractivity contribution >= 4 is 39.3 Å². The standard InChI is InChI=1S/C24H30N4O5S2/c1-24(2)11-7-18(8-12-24)26-22(30)27-35(32,33)19-5-3-16(4-6-19)9-13-25-23(31)28-15-17-10-14-34-20(17)21(28)29/h3-6,10,14,18H,7-9,11-13,15H2,1-2H3,(H,25,31)(H2,26,27,30). The minimum Gasteiger partial charge on any atom is -0.337 e. The highest BCUT2D eigenvalue weighted by atomic mass is 32.2. The Balaban J connectivity index is 1.23. The number of carbonyl (C=O) groups excluding carboxylic acids is 3. The first-order valence-electron chi connectivity index (χ1n) is 11.6. The lowest BCUT2D eigenvalue weighted by Gasteiger charge is -2.34. The van der Waals surface area contributed by atoms with Crippen molar-refractivity contribution in [1.82, 2.24) is 20.3 Å². The van der Waals surface area contributed by atoms with Crippen molar-refractivity contribution < 1.29 is 22.8 Å². The summed E-state index contributed by atoms with van der Waals surface area (Å²) in [6.07, 6.45) is 4.08. The molecular weight excluding hydrogens is 488 g/mol. The van der Waals surface area contributed by atoms with Gasteiger partial charge in [0.1, 0.15) is 0 Å². The Labute approximate surface area is 209 Å². The Kier molecular flexibility index (Phi) is 7.18. The fourth-order valence-electron chi connectivity index (χ4n) is 4.36. The minimum absolute atomic E-state index is 0.0148. The van der Waals surface area contributed by atoms with Gasteiger partial charge in [0.05, 0.1) is 16.3 Å². The maximum atomic E-state index is 12.6. The van der Waals surface area contributed by atoms with Gasteiger partial charge in [0, 0.05) is 12.6 Å². The van der Waals surface area contributed by atoms with Gasteiger partial charge >= 0.3 is 12.1 Å². The normalized spacial score (nSPS) is 17.7. The first-order chi connectivity index (χ1) is 16.5. The quantitative estimate of drug-likeness (QED) is 0.539. The minimum atomic E-state index is -4.00. The summed E-state index contributed by atoms with van der Waals surface area (Å²) in [4.78, 5) is 38.6.